The number of hydrogen-bond donors (Lipinski definition) is 0. The van der Waals surface area contributed by atoms with E-state index < -0.39 is 5.24 Å². The van der Waals surface area contributed by atoms with Crippen molar-refractivity contribution in [1.29, 1.82) is 0 Å². The van der Waals surface area contributed by atoms with Crippen LogP contribution < -0.4 is 4.74 Å². The highest BCUT2D eigenvalue weighted by atomic mass is 35.5. The molecule has 0 spiro atoms. The highest BCUT2D eigenvalue weighted by Crippen LogP contribution is 2.21. The monoisotopic (exact) mass is 211 g/mol. The highest BCUT2D eigenvalue weighted by Gasteiger charge is 2.08. The molecule has 1 aromatic carbocycles. The molecule has 0 aliphatic heterocycles. The molecule has 0 radical (unpaired) electrons. The van der Waals surface area contributed by atoms with Crippen LogP contribution in [-0.4, -0.2) is 17.3 Å². The minimum absolute atomic E-state index is 0.166. The number of rotatable bonds is 2. The molecule has 0 N–H and O–H groups in total. The Morgan fingerprint density at radius 1 is 1.57 bits per heavy atom. The van der Waals surface area contributed by atoms with Gasteiger partial charge in [-0.25, -0.2) is 0 Å². The van der Waals surface area contributed by atoms with Crippen molar-refractivity contribution >= 4 is 27.9 Å². The van der Waals surface area contributed by atoms with Crippen LogP contribution in [0.1, 0.15) is 10.4 Å². The number of nitrogens with zero attached hydrogens (tertiary/aromatic N) is 1. The van der Waals surface area contributed by atoms with Gasteiger partial charge in [-0.15, -0.1) is 0 Å². The van der Waals surface area contributed by atoms with E-state index in [2.05, 4.69) is 4.98 Å². The minimum atomic E-state index is -0.520. The molecule has 0 saturated carbocycles. The quantitative estimate of drug-likeness (QED) is 0.715. The second-order valence-corrected chi connectivity index (χ2v) is 2.98. The molecular weight excluding hydrogens is 206 g/mol. The van der Waals surface area contributed by atoms with E-state index in [0.29, 0.717) is 16.7 Å². The first-order valence-corrected chi connectivity index (χ1v) is 4.23. The number of fused-ring (bicyclic) bond motifs is 1. The summed E-state index contributed by atoms with van der Waals surface area (Å²) >= 11 is 5.32. The summed E-state index contributed by atoms with van der Waals surface area (Å²) in [6, 6.07) is 4.75. The summed E-state index contributed by atoms with van der Waals surface area (Å²) in [4.78, 5) is 14.8. The second-order valence-electron chi connectivity index (χ2n) is 2.64. The molecule has 14 heavy (non-hydrogen) atoms. The average molecular weight is 212 g/mol. The molecule has 0 unspecified atom stereocenters. The van der Waals surface area contributed by atoms with Gasteiger partial charge in [0.2, 0.25) is 0 Å². The van der Waals surface area contributed by atoms with Gasteiger partial charge in [0.05, 0.1) is 7.11 Å². The van der Waals surface area contributed by atoms with Crippen molar-refractivity contribution in [2.75, 3.05) is 7.11 Å². The molecule has 2 rings (SSSR count). The molecule has 2 aromatic rings. The van der Waals surface area contributed by atoms with Crippen LogP contribution in [0.25, 0.3) is 11.1 Å². The van der Waals surface area contributed by atoms with Crippen LogP contribution >= 0.6 is 11.6 Å². The first-order chi connectivity index (χ1) is 6.70. The Hall–Kier alpha value is -1.55. The van der Waals surface area contributed by atoms with E-state index in [-0.39, 0.29) is 6.08 Å². The maximum atomic E-state index is 10.8. The van der Waals surface area contributed by atoms with E-state index in [1.807, 2.05) is 0 Å². The van der Waals surface area contributed by atoms with Crippen LogP contribution in [0.5, 0.6) is 6.08 Å². The van der Waals surface area contributed by atoms with Crippen LogP contribution in [0, 0.1) is 0 Å². The van der Waals surface area contributed by atoms with Crippen molar-refractivity contribution in [3.8, 4) is 6.08 Å². The van der Waals surface area contributed by atoms with Crippen molar-refractivity contribution in [3.63, 3.8) is 0 Å². The molecule has 5 heteroatoms. The number of benzene rings is 1. The van der Waals surface area contributed by atoms with Crippen LogP contribution in [0.2, 0.25) is 0 Å². The molecule has 0 fully saturated rings. The van der Waals surface area contributed by atoms with Crippen molar-refractivity contribution in [3.05, 3.63) is 23.8 Å². The molecule has 0 aliphatic rings. The predicted molar refractivity (Wildman–Crippen MR) is 50.7 cm³/mol. The fraction of sp³-hybridized carbons (Fsp3) is 0.111. The van der Waals surface area contributed by atoms with Gasteiger partial charge >= 0.3 is 6.08 Å². The largest absolute Gasteiger partial charge is 0.453 e. The van der Waals surface area contributed by atoms with Gasteiger partial charge in [-0.05, 0) is 29.8 Å². The number of halogens is 1. The fourth-order valence-corrected chi connectivity index (χ4v) is 1.23. The first kappa shape index (κ1) is 9.02. The van der Waals surface area contributed by atoms with Crippen molar-refractivity contribution in [2.45, 2.75) is 0 Å². The number of carbonyl (C=O) groups is 1. The van der Waals surface area contributed by atoms with Crippen LogP contribution in [0.3, 0.4) is 0 Å². The number of aromatic nitrogens is 1. The molecule has 0 amide bonds. The van der Waals surface area contributed by atoms with E-state index in [9.17, 15) is 4.79 Å². The lowest BCUT2D eigenvalue weighted by Crippen LogP contribution is -1.87. The predicted octanol–water partition coefficient (Wildman–Crippen LogP) is 2.22. The van der Waals surface area contributed by atoms with Gasteiger partial charge in [0.1, 0.15) is 5.52 Å². The zero-order valence-electron chi connectivity index (χ0n) is 7.28. The second kappa shape index (κ2) is 3.31. The molecule has 4 nitrogen and oxygen atoms in total. The van der Waals surface area contributed by atoms with Crippen LogP contribution in [0.15, 0.2) is 22.6 Å². The van der Waals surface area contributed by atoms with Gasteiger partial charge in [0.25, 0.3) is 5.24 Å². The summed E-state index contributed by atoms with van der Waals surface area (Å²) in [5.74, 6) is 0. The number of carbonyl (C=O) groups excluding carboxylic acids is 1. The van der Waals surface area contributed by atoms with Gasteiger partial charge < -0.3 is 9.15 Å². The molecular formula is C9H6ClNO3. The lowest BCUT2D eigenvalue weighted by atomic mass is 10.2. The molecule has 0 bridgehead atoms. The SMILES string of the molecule is COc1nc2cc(C(=O)Cl)ccc2o1. The number of hydrogen-bond acceptors (Lipinski definition) is 4. The Balaban J connectivity index is 2.59. The molecule has 72 valence electrons. The molecule has 0 atom stereocenters. The van der Waals surface area contributed by atoms with Gasteiger partial charge in [-0.3, -0.25) is 4.79 Å². The number of oxazole rings is 1. The van der Waals surface area contributed by atoms with Crippen LogP contribution in [0.4, 0.5) is 0 Å². The standard InChI is InChI=1S/C9H6ClNO3/c1-13-9-11-6-4-5(8(10)12)2-3-7(6)14-9/h2-4H,1H3. The summed E-state index contributed by atoms with van der Waals surface area (Å²) < 4.78 is 9.97. The van der Waals surface area contributed by atoms with Crippen molar-refractivity contribution < 1.29 is 13.9 Å². The smallest absolute Gasteiger partial charge is 0.394 e. The van der Waals surface area contributed by atoms with Gasteiger partial charge in [-0.1, -0.05) is 0 Å². The zero-order chi connectivity index (χ0) is 10.1. The Bertz CT molecular complexity index is 492. The zero-order valence-corrected chi connectivity index (χ0v) is 8.04. The third kappa shape index (κ3) is 1.44. The Kier molecular flexibility index (Phi) is 2.13. The third-order valence-electron chi connectivity index (χ3n) is 1.77. The van der Waals surface area contributed by atoms with Gasteiger partial charge in [0.15, 0.2) is 5.58 Å². The summed E-state index contributed by atoms with van der Waals surface area (Å²) in [5, 5.41) is -0.520. The lowest BCUT2D eigenvalue weighted by Gasteiger charge is -1.90. The highest BCUT2D eigenvalue weighted by molar-refractivity contribution is 6.67. The summed E-state index contributed by atoms with van der Waals surface area (Å²) in [6.07, 6.45) is 0.166. The number of methoxy groups -OCH3 is 1. The molecule has 1 heterocycles. The normalized spacial score (nSPS) is 10.4. The van der Waals surface area contributed by atoms with Crippen molar-refractivity contribution in [2.24, 2.45) is 0 Å². The maximum Gasteiger partial charge on any atom is 0.394 e. The summed E-state index contributed by atoms with van der Waals surface area (Å²) in [5.41, 5.74) is 1.49. The summed E-state index contributed by atoms with van der Waals surface area (Å²) in [6.45, 7) is 0. The summed E-state index contributed by atoms with van der Waals surface area (Å²) in [7, 11) is 1.46. The molecule has 0 aliphatic carbocycles. The number of ether oxygens (including phenoxy) is 1. The van der Waals surface area contributed by atoms with Crippen LogP contribution in [-0.2, 0) is 0 Å². The lowest BCUT2D eigenvalue weighted by molar-refractivity contribution is 0.108. The minimum Gasteiger partial charge on any atom is -0.453 e. The Morgan fingerprint density at radius 3 is 3.00 bits per heavy atom. The Morgan fingerprint density at radius 2 is 2.36 bits per heavy atom. The van der Waals surface area contributed by atoms with Gasteiger partial charge in [-0.2, -0.15) is 4.98 Å². The van der Waals surface area contributed by atoms with E-state index in [0.717, 1.165) is 0 Å². The van der Waals surface area contributed by atoms with E-state index in [1.54, 1.807) is 18.2 Å². The maximum absolute atomic E-state index is 10.8. The van der Waals surface area contributed by atoms with E-state index in [4.69, 9.17) is 20.8 Å². The average Bonchev–Trinajstić information content (AvgIpc) is 2.58. The fourth-order valence-electron chi connectivity index (χ4n) is 1.12. The third-order valence-corrected chi connectivity index (χ3v) is 1.99. The molecule has 1 aromatic heterocycles. The van der Waals surface area contributed by atoms with Gasteiger partial charge in [0, 0.05) is 5.56 Å². The Labute approximate surface area is 84.4 Å². The topological polar surface area (TPSA) is 52.3 Å². The van der Waals surface area contributed by atoms with E-state index in [1.165, 1.54) is 7.11 Å². The van der Waals surface area contributed by atoms with E-state index >= 15 is 0 Å². The molecule has 0 saturated heterocycles. The first-order valence-electron chi connectivity index (χ1n) is 3.85. The van der Waals surface area contributed by atoms with Crippen molar-refractivity contribution in [1.82, 2.24) is 4.98 Å².